The first-order chi connectivity index (χ1) is 14.3. The van der Waals surface area contributed by atoms with Crippen molar-refractivity contribution in [1.82, 2.24) is 0 Å². The molecule has 5 aromatic rings. The van der Waals surface area contributed by atoms with Gasteiger partial charge < -0.3 is 4.74 Å². The van der Waals surface area contributed by atoms with Gasteiger partial charge in [-0.2, -0.15) is 0 Å². The summed E-state index contributed by atoms with van der Waals surface area (Å²) in [6, 6.07) is 35.7. The lowest BCUT2D eigenvalue weighted by Gasteiger charge is -2.14. The second-order valence-corrected chi connectivity index (χ2v) is 6.98. The molecular formula is C27H18O2. The summed E-state index contributed by atoms with van der Waals surface area (Å²) in [4.78, 5) is 12.9. The maximum absolute atomic E-state index is 12.9. The second kappa shape index (κ2) is 7.25. The van der Waals surface area contributed by atoms with Crippen LogP contribution in [-0.4, -0.2) is 5.97 Å². The Balaban J connectivity index is 1.74. The predicted octanol–water partition coefficient (Wildman–Crippen LogP) is 6.88. The molecule has 0 fully saturated rings. The van der Waals surface area contributed by atoms with E-state index in [4.69, 9.17) is 4.74 Å². The second-order valence-electron chi connectivity index (χ2n) is 6.98. The van der Waals surface area contributed by atoms with Gasteiger partial charge in [-0.15, -0.1) is 0 Å². The van der Waals surface area contributed by atoms with Gasteiger partial charge in [0.25, 0.3) is 0 Å². The van der Waals surface area contributed by atoms with Crippen molar-refractivity contribution in [3.8, 4) is 16.9 Å². The average Bonchev–Trinajstić information content (AvgIpc) is 2.79. The largest absolute Gasteiger partial charge is 0.422 e. The molecule has 0 radical (unpaired) electrons. The third kappa shape index (κ3) is 3.26. The minimum absolute atomic E-state index is 0.358. The molecule has 0 heterocycles. The van der Waals surface area contributed by atoms with Gasteiger partial charge in [0, 0.05) is 10.9 Å². The molecule has 0 aromatic heterocycles. The number of ether oxygens (including phenoxy) is 1. The highest BCUT2D eigenvalue weighted by Crippen LogP contribution is 2.39. The van der Waals surface area contributed by atoms with E-state index in [1.54, 1.807) is 12.1 Å². The smallest absolute Gasteiger partial charge is 0.343 e. The van der Waals surface area contributed by atoms with E-state index in [9.17, 15) is 4.79 Å². The Morgan fingerprint density at radius 2 is 1.21 bits per heavy atom. The van der Waals surface area contributed by atoms with Crippen molar-refractivity contribution in [2.75, 3.05) is 0 Å². The maximum Gasteiger partial charge on any atom is 0.343 e. The van der Waals surface area contributed by atoms with Crippen LogP contribution in [0.3, 0.4) is 0 Å². The van der Waals surface area contributed by atoms with E-state index >= 15 is 0 Å². The first-order valence-electron chi connectivity index (χ1n) is 9.58. The summed E-state index contributed by atoms with van der Waals surface area (Å²) >= 11 is 0. The third-order valence-electron chi connectivity index (χ3n) is 5.13. The Morgan fingerprint density at radius 3 is 1.93 bits per heavy atom. The summed E-state index contributed by atoms with van der Waals surface area (Å²) < 4.78 is 6.01. The third-order valence-corrected chi connectivity index (χ3v) is 5.13. The highest BCUT2D eigenvalue weighted by Gasteiger charge is 2.16. The van der Waals surface area contributed by atoms with Crippen LogP contribution in [0.5, 0.6) is 5.75 Å². The van der Waals surface area contributed by atoms with Crippen molar-refractivity contribution >= 4 is 27.5 Å². The lowest BCUT2D eigenvalue weighted by molar-refractivity contribution is 0.0738. The molecule has 0 aliphatic carbocycles. The molecule has 0 aliphatic rings. The highest BCUT2D eigenvalue weighted by molar-refractivity contribution is 6.05. The predicted molar refractivity (Wildman–Crippen MR) is 118 cm³/mol. The van der Waals surface area contributed by atoms with E-state index in [0.717, 1.165) is 32.7 Å². The zero-order valence-corrected chi connectivity index (χ0v) is 15.7. The number of esters is 1. The lowest BCUT2D eigenvalue weighted by Crippen LogP contribution is -2.09. The first kappa shape index (κ1) is 17.2. The number of hydrogen-bond acceptors (Lipinski definition) is 2. The number of rotatable bonds is 3. The van der Waals surface area contributed by atoms with E-state index in [1.165, 1.54) is 0 Å². The van der Waals surface area contributed by atoms with Crippen LogP contribution < -0.4 is 4.74 Å². The van der Waals surface area contributed by atoms with Gasteiger partial charge in [-0.1, -0.05) is 78.9 Å². The molecule has 0 N–H and O–H groups in total. The van der Waals surface area contributed by atoms with Crippen molar-refractivity contribution in [3.63, 3.8) is 0 Å². The van der Waals surface area contributed by atoms with E-state index in [0.29, 0.717) is 11.3 Å². The zero-order valence-electron chi connectivity index (χ0n) is 15.7. The van der Waals surface area contributed by atoms with Crippen LogP contribution in [0.4, 0.5) is 0 Å². The van der Waals surface area contributed by atoms with Crippen LogP contribution in [0, 0.1) is 0 Å². The van der Waals surface area contributed by atoms with Crippen LogP contribution in [0.25, 0.3) is 32.7 Å². The van der Waals surface area contributed by atoms with Crippen LogP contribution in [0.15, 0.2) is 109 Å². The molecule has 5 aromatic carbocycles. The van der Waals surface area contributed by atoms with Crippen molar-refractivity contribution < 1.29 is 9.53 Å². The summed E-state index contributed by atoms with van der Waals surface area (Å²) in [5.41, 5.74) is 2.44. The Kier molecular flexibility index (Phi) is 4.30. The minimum atomic E-state index is -0.358. The standard InChI is InChI=1S/C27H18O2/c28-27(20-11-5-2-6-12-20)29-26-24(19-9-3-1-4-10-19)16-15-23-17-21-13-7-8-14-22(21)18-25(23)26/h1-18H. The fourth-order valence-corrected chi connectivity index (χ4v) is 3.67. The van der Waals surface area contributed by atoms with Gasteiger partial charge in [-0.05, 0) is 52.1 Å². The number of carbonyl (C=O) groups is 1. The Bertz CT molecular complexity index is 1320. The van der Waals surface area contributed by atoms with Crippen LogP contribution in [0.2, 0.25) is 0 Å². The number of hydrogen-bond donors (Lipinski definition) is 0. The quantitative estimate of drug-likeness (QED) is 0.195. The Morgan fingerprint density at radius 1 is 0.586 bits per heavy atom. The summed E-state index contributed by atoms with van der Waals surface area (Å²) in [6.07, 6.45) is 0. The molecule has 0 saturated carbocycles. The van der Waals surface area contributed by atoms with Gasteiger partial charge in [0.05, 0.1) is 5.56 Å². The van der Waals surface area contributed by atoms with Crippen LogP contribution in [0.1, 0.15) is 10.4 Å². The lowest BCUT2D eigenvalue weighted by atomic mass is 9.97. The van der Waals surface area contributed by atoms with Crippen LogP contribution in [-0.2, 0) is 0 Å². The molecule has 0 aliphatic heterocycles. The van der Waals surface area contributed by atoms with Crippen molar-refractivity contribution in [2.24, 2.45) is 0 Å². The molecule has 2 heteroatoms. The van der Waals surface area contributed by atoms with Gasteiger partial charge in [0.2, 0.25) is 0 Å². The number of benzene rings is 5. The molecule has 138 valence electrons. The monoisotopic (exact) mass is 374 g/mol. The summed E-state index contributed by atoms with van der Waals surface area (Å²) in [7, 11) is 0. The molecule has 0 spiro atoms. The summed E-state index contributed by atoms with van der Waals surface area (Å²) in [6.45, 7) is 0. The normalized spacial score (nSPS) is 10.9. The number of carbonyl (C=O) groups excluding carboxylic acids is 1. The molecule has 2 nitrogen and oxygen atoms in total. The minimum Gasteiger partial charge on any atom is -0.422 e. The maximum atomic E-state index is 12.9. The molecule has 5 rings (SSSR count). The van der Waals surface area contributed by atoms with Crippen molar-refractivity contribution in [1.29, 1.82) is 0 Å². The Hall–Kier alpha value is -3.91. The molecule has 0 unspecified atom stereocenters. The molecule has 0 atom stereocenters. The molecular weight excluding hydrogens is 356 g/mol. The van der Waals surface area contributed by atoms with E-state index < -0.39 is 0 Å². The average molecular weight is 374 g/mol. The zero-order chi connectivity index (χ0) is 19.6. The number of fused-ring (bicyclic) bond motifs is 2. The molecule has 29 heavy (non-hydrogen) atoms. The van der Waals surface area contributed by atoms with Crippen molar-refractivity contribution in [3.05, 3.63) is 115 Å². The topological polar surface area (TPSA) is 26.3 Å². The van der Waals surface area contributed by atoms with Gasteiger partial charge in [-0.25, -0.2) is 4.79 Å². The molecule has 0 amide bonds. The summed E-state index contributed by atoms with van der Waals surface area (Å²) in [5.74, 6) is 0.233. The fraction of sp³-hybridized carbons (Fsp3) is 0. The molecule has 0 bridgehead atoms. The fourth-order valence-electron chi connectivity index (χ4n) is 3.67. The van der Waals surface area contributed by atoms with Crippen molar-refractivity contribution in [2.45, 2.75) is 0 Å². The summed E-state index contributed by atoms with van der Waals surface area (Å²) in [5, 5.41) is 4.24. The Labute approximate surface area is 169 Å². The van der Waals surface area contributed by atoms with Gasteiger partial charge in [0.15, 0.2) is 0 Å². The van der Waals surface area contributed by atoms with E-state index in [1.807, 2.05) is 66.7 Å². The van der Waals surface area contributed by atoms with Gasteiger partial charge in [0.1, 0.15) is 5.75 Å². The van der Waals surface area contributed by atoms with Gasteiger partial charge in [-0.3, -0.25) is 0 Å². The van der Waals surface area contributed by atoms with E-state index in [2.05, 4.69) is 30.3 Å². The van der Waals surface area contributed by atoms with Gasteiger partial charge >= 0.3 is 5.97 Å². The van der Waals surface area contributed by atoms with E-state index in [-0.39, 0.29) is 5.97 Å². The van der Waals surface area contributed by atoms with Crippen LogP contribution >= 0.6 is 0 Å². The highest BCUT2D eigenvalue weighted by atomic mass is 16.5. The SMILES string of the molecule is O=C(Oc1c(-c2ccccc2)ccc2cc3ccccc3cc12)c1ccccc1. The first-order valence-corrected chi connectivity index (χ1v) is 9.58. The molecule has 0 saturated heterocycles.